The minimum atomic E-state index is -1.60. The van der Waals surface area contributed by atoms with Crippen LogP contribution >= 0.6 is 15.9 Å². The van der Waals surface area contributed by atoms with Crippen LogP contribution in [0, 0.1) is 17.5 Å². The van der Waals surface area contributed by atoms with Gasteiger partial charge in [0.2, 0.25) is 0 Å². The second-order valence-corrected chi connectivity index (χ2v) is 4.63. The minimum absolute atomic E-state index is 0.292. The topological polar surface area (TPSA) is 29.1 Å². The fourth-order valence-corrected chi connectivity index (χ4v) is 1.69. The van der Waals surface area contributed by atoms with Gasteiger partial charge in [-0.3, -0.25) is 4.79 Å². The Kier molecular flexibility index (Phi) is 3.90. The van der Waals surface area contributed by atoms with E-state index >= 15 is 0 Å². The molecule has 2 nitrogen and oxygen atoms in total. The van der Waals surface area contributed by atoms with Gasteiger partial charge in [0.05, 0.1) is 0 Å². The van der Waals surface area contributed by atoms with Crippen LogP contribution in [0.15, 0.2) is 40.9 Å². The molecule has 0 aliphatic rings. The third-order valence-corrected chi connectivity index (χ3v) is 2.88. The fourth-order valence-electron chi connectivity index (χ4n) is 1.42. The molecule has 6 heteroatoms. The molecule has 0 atom stereocenters. The van der Waals surface area contributed by atoms with E-state index in [2.05, 4.69) is 21.2 Å². The van der Waals surface area contributed by atoms with E-state index in [4.69, 9.17) is 0 Å². The van der Waals surface area contributed by atoms with E-state index in [0.717, 1.165) is 4.47 Å². The third-order valence-electron chi connectivity index (χ3n) is 2.35. The van der Waals surface area contributed by atoms with Gasteiger partial charge in [0.25, 0.3) is 5.91 Å². The van der Waals surface area contributed by atoms with Gasteiger partial charge < -0.3 is 5.32 Å². The van der Waals surface area contributed by atoms with Crippen LogP contribution in [0.3, 0.4) is 0 Å². The normalized spacial score (nSPS) is 10.3. The van der Waals surface area contributed by atoms with E-state index in [1.807, 2.05) is 0 Å². The van der Waals surface area contributed by atoms with Crippen molar-refractivity contribution in [3.63, 3.8) is 0 Å². The summed E-state index contributed by atoms with van der Waals surface area (Å²) >= 11 is 3.23. The van der Waals surface area contributed by atoms with Gasteiger partial charge in [0, 0.05) is 15.7 Å². The number of benzene rings is 2. The monoisotopic (exact) mass is 329 g/mol. The van der Waals surface area contributed by atoms with Gasteiger partial charge in [0.1, 0.15) is 0 Å². The van der Waals surface area contributed by atoms with Crippen LogP contribution in [0.1, 0.15) is 10.4 Å². The summed E-state index contributed by atoms with van der Waals surface area (Å²) in [7, 11) is 0. The lowest BCUT2D eigenvalue weighted by molar-refractivity contribution is 0.102. The number of hydrogen-bond acceptors (Lipinski definition) is 1. The van der Waals surface area contributed by atoms with Crippen molar-refractivity contribution in [1.82, 2.24) is 0 Å². The summed E-state index contributed by atoms with van der Waals surface area (Å²) in [5.74, 6) is -5.12. The average molecular weight is 330 g/mol. The highest BCUT2D eigenvalue weighted by molar-refractivity contribution is 9.10. The number of carbonyl (C=O) groups excluding carboxylic acids is 1. The van der Waals surface area contributed by atoms with Gasteiger partial charge in [0.15, 0.2) is 17.5 Å². The summed E-state index contributed by atoms with van der Waals surface area (Å²) < 4.78 is 39.6. The molecule has 0 aliphatic heterocycles. The van der Waals surface area contributed by atoms with Crippen LogP contribution in [0.25, 0.3) is 0 Å². The van der Waals surface area contributed by atoms with Crippen molar-refractivity contribution in [1.29, 1.82) is 0 Å². The third kappa shape index (κ3) is 3.14. The fraction of sp³-hybridized carbons (Fsp3) is 0. The van der Waals surface area contributed by atoms with Crippen LogP contribution in [-0.4, -0.2) is 5.91 Å². The van der Waals surface area contributed by atoms with E-state index in [9.17, 15) is 18.0 Å². The SMILES string of the molecule is O=C(Nc1ccc(Br)cc1)c1cc(F)c(F)c(F)c1. The maximum Gasteiger partial charge on any atom is 0.255 e. The molecule has 1 N–H and O–H groups in total. The summed E-state index contributed by atoms with van der Waals surface area (Å²) in [4.78, 5) is 11.7. The Bertz CT molecular complexity index is 605. The quantitative estimate of drug-likeness (QED) is 0.825. The molecule has 0 saturated carbocycles. The predicted molar refractivity (Wildman–Crippen MR) is 68.4 cm³/mol. The van der Waals surface area contributed by atoms with Crippen molar-refractivity contribution in [3.05, 3.63) is 63.9 Å². The Labute approximate surface area is 115 Å². The zero-order valence-corrected chi connectivity index (χ0v) is 11.0. The number of carbonyl (C=O) groups is 1. The molecule has 1 amide bonds. The molecule has 0 bridgehead atoms. The highest BCUT2D eigenvalue weighted by atomic mass is 79.9. The highest BCUT2D eigenvalue weighted by Gasteiger charge is 2.15. The zero-order chi connectivity index (χ0) is 14.0. The van der Waals surface area contributed by atoms with Gasteiger partial charge in [-0.25, -0.2) is 13.2 Å². The van der Waals surface area contributed by atoms with Crippen molar-refractivity contribution >= 4 is 27.5 Å². The molecule has 0 unspecified atom stereocenters. The maximum atomic E-state index is 13.0. The largest absolute Gasteiger partial charge is 0.322 e. The van der Waals surface area contributed by atoms with Crippen LogP contribution in [0.5, 0.6) is 0 Å². The molecule has 19 heavy (non-hydrogen) atoms. The summed E-state index contributed by atoms with van der Waals surface area (Å²) in [6, 6.07) is 7.90. The Morgan fingerprint density at radius 1 is 1.00 bits per heavy atom. The van der Waals surface area contributed by atoms with Crippen molar-refractivity contribution in [2.45, 2.75) is 0 Å². The summed E-state index contributed by atoms with van der Waals surface area (Å²) in [6.07, 6.45) is 0. The number of amides is 1. The predicted octanol–water partition coefficient (Wildman–Crippen LogP) is 4.12. The molecule has 0 heterocycles. The first kappa shape index (κ1) is 13.6. The molecule has 2 rings (SSSR count). The van der Waals surface area contributed by atoms with Crippen LogP contribution < -0.4 is 5.32 Å². The summed E-state index contributed by atoms with van der Waals surface area (Å²) in [5, 5.41) is 2.44. The van der Waals surface area contributed by atoms with Crippen LogP contribution in [-0.2, 0) is 0 Å². The Morgan fingerprint density at radius 3 is 2.05 bits per heavy atom. The minimum Gasteiger partial charge on any atom is -0.322 e. The molecule has 2 aromatic carbocycles. The van der Waals surface area contributed by atoms with Gasteiger partial charge in [-0.15, -0.1) is 0 Å². The first-order chi connectivity index (χ1) is 8.97. The van der Waals surface area contributed by atoms with Crippen LogP contribution in [0.4, 0.5) is 18.9 Å². The molecule has 98 valence electrons. The van der Waals surface area contributed by atoms with E-state index in [0.29, 0.717) is 17.8 Å². The van der Waals surface area contributed by atoms with Gasteiger partial charge in [-0.2, -0.15) is 0 Å². The average Bonchev–Trinajstić information content (AvgIpc) is 2.38. The number of hydrogen-bond donors (Lipinski definition) is 1. The van der Waals surface area contributed by atoms with Gasteiger partial charge in [-0.05, 0) is 36.4 Å². The lowest BCUT2D eigenvalue weighted by atomic mass is 10.2. The smallest absolute Gasteiger partial charge is 0.255 e. The van der Waals surface area contributed by atoms with E-state index in [1.54, 1.807) is 24.3 Å². The van der Waals surface area contributed by atoms with Crippen molar-refractivity contribution in [2.24, 2.45) is 0 Å². The second kappa shape index (κ2) is 5.44. The lowest BCUT2D eigenvalue weighted by Gasteiger charge is -2.06. The zero-order valence-electron chi connectivity index (χ0n) is 9.38. The molecule has 0 fully saturated rings. The number of anilines is 1. The Hall–Kier alpha value is -1.82. The molecular formula is C13H7BrF3NO. The molecule has 0 aromatic heterocycles. The first-order valence-electron chi connectivity index (χ1n) is 5.19. The van der Waals surface area contributed by atoms with Crippen molar-refractivity contribution < 1.29 is 18.0 Å². The van der Waals surface area contributed by atoms with Gasteiger partial charge in [-0.1, -0.05) is 15.9 Å². The molecule has 0 radical (unpaired) electrons. The summed E-state index contributed by atoms with van der Waals surface area (Å²) in [6.45, 7) is 0. The van der Waals surface area contributed by atoms with E-state index in [1.165, 1.54) is 0 Å². The molecule has 0 spiro atoms. The van der Waals surface area contributed by atoms with Crippen molar-refractivity contribution in [3.8, 4) is 0 Å². The van der Waals surface area contributed by atoms with Crippen molar-refractivity contribution in [2.75, 3.05) is 5.32 Å². The highest BCUT2D eigenvalue weighted by Crippen LogP contribution is 2.17. The summed E-state index contributed by atoms with van der Waals surface area (Å²) in [5.41, 5.74) is 0.165. The second-order valence-electron chi connectivity index (χ2n) is 3.71. The molecule has 2 aromatic rings. The number of rotatable bonds is 2. The van der Waals surface area contributed by atoms with E-state index < -0.39 is 23.4 Å². The van der Waals surface area contributed by atoms with E-state index in [-0.39, 0.29) is 5.56 Å². The Morgan fingerprint density at radius 2 is 1.53 bits per heavy atom. The Balaban J connectivity index is 2.23. The van der Waals surface area contributed by atoms with Gasteiger partial charge >= 0.3 is 0 Å². The number of nitrogens with one attached hydrogen (secondary N) is 1. The first-order valence-corrected chi connectivity index (χ1v) is 5.98. The molecule has 0 saturated heterocycles. The standard InChI is InChI=1S/C13H7BrF3NO/c14-8-1-3-9(4-2-8)18-13(19)7-5-10(15)12(17)11(16)6-7/h1-6H,(H,18,19). The lowest BCUT2D eigenvalue weighted by Crippen LogP contribution is -2.13. The molecule has 0 aliphatic carbocycles. The molecular weight excluding hydrogens is 323 g/mol. The number of halogens is 4. The maximum absolute atomic E-state index is 13.0. The van der Waals surface area contributed by atoms with Crippen LogP contribution in [0.2, 0.25) is 0 Å².